The molecule has 0 fully saturated rings. The van der Waals surface area contributed by atoms with E-state index in [-0.39, 0.29) is 11.8 Å². The van der Waals surface area contributed by atoms with Crippen LogP contribution in [0.3, 0.4) is 0 Å². The highest BCUT2D eigenvalue weighted by molar-refractivity contribution is 9.11. The fraction of sp³-hybridized carbons (Fsp3) is 0.429. The molecule has 0 saturated heterocycles. The minimum absolute atomic E-state index is 0.127. The molecule has 4 aromatic rings. The van der Waals surface area contributed by atoms with Crippen LogP contribution in [0.2, 0.25) is 0 Å². The molecule has 3 nitrogen and oxygen atoms in total. The Morgan fingerprint density at radius 1 is 0.714 bits per heavy atom. The van der Waals surface area contributed by atoms with Crippen LogP contribution in [0.4, 0.5) is 0 Å². The summed E-state index contributed by atoms with van der Waals surface area (Å²) in [5, 5.41) is 4.49. The molecule has 0 N–H and O–H groups in total. The predicted molar refractivity (Wildman–Crippen MR) is 157 cm³/mol. The summed E-state index contributed by atoms with van der Waals surface area (Å²) < 4.78 is 4.44. The molecule has 1 aliphatic heterocycles. The molecule has 35 heavy (non-hydrogen) atoms. The number of fused-ring (bicyclic) bond motifs is 7. The predicted octanol–water partition coefficient (Wildman–Crippen LogP) is 10.2. The summed E-state index contributed by atoms with van der Waals surface area (Å²) in [7, 11) is 0. The first-order valence-corrected chi connectivity index (χ1v) is 15.8. The van der Waals surface area contributed by atoms with Gasteiger partial charge in [0.2, 0.25) is 0 Å². The van der Waals surface area contributed by atoms with Gasteiger partial charge in [-0.25, -0.2) is 0 Å². The Morgan fingerprint density at radius 2 is 1.20 bits per heavy atom. The van der Waals surface area contributed by atoms with Crippen LogP contribution in [0.15, 0.2) is 31.8 Å². The Labute approximate surface area is 231 Å². The number of nitrogens with zero attached hydrogens (tertiary/aromatic N) is 1. The number of unbranched alkanes of at least 4 members (excludes halogenated alkanes) is 4. The molecular formula is C28H29Br2NO2S2. The Balaban J connectivity index is 1.53. The first-order chi connectivity index (χ1) is 16.9. The van der Waals surface area contributed by atoms with E-state index in [1.165, 1.54) is 41.4 Å². The van der Waals surface area contributed by atoms with E-state index in [1.54, 1.807) is 22.7 Å². The number of rotatable bonds is 10. The van der Waals surface area contributed by atoms with E-state index >= 15 is 0 Å². The minimum atomic E-state index is -0.127. The summed E-state index contributed by atoms with van der Waals surface area (Å²) in [6.07, 6.45) is 9.31. The van der Waals surface area contributed by atoms with Crippen LogP contribution in [0.25, 0.3) is 30.9 Å². The summed E-state index contributed by atoms with van der Waals surface area (Å²) >= 11 is 10.7. The zero-order chi connectivity index (χ0) is 24.7. The van der Waals surface area contributed by atoms with Gasteiger partial charge in [-0.1, -0.05) is 52.4 Å². The van der Waals surface area contributed by atoms with Crippen molar-refractivity contribution in [3.8, 4) is 0 Å². The lowest BCUT2D eigenvalue weighted by Gasteiger charge is -2.22. The fourth-order valence-corrected chi connectivity index (χ4v) is 8.63. The number of thiophene rings is 2. The van der Waals surface area contributed by atoms with Crippen LogP contribution < -0.4 is 0 Å². The van der Waals surface area contributed by atoms with E-state index in [4.69, 9.17) is 0 Å². The normalized spacial score (nSPS) is 14.7. The molecule has 1 aliphatic rings. The zero-order valence-corrected chi connectivity index (χ0v) is 24.9. The molecule has 0 spiro atoms. The summed E-state index contributed by atoms with van der Waals surface area (Å²) in [6, 6.07) is 8.27. The van der Waals surface area contributed by atoms with Crippen molar-refractivity contribution in [3.63, 3.8) is 0 Å². The molecule has 2 aromatic heterocycles. The summed E-state index contributed by atoms with van der Waals surface area (Å²) in [5.74, 6) is 0.125. The molecular weight excluding hydrogens is 606 g/mol. The number of benzene rings is 2. The fourth-order valence-electron chi connectivity index (χ4n) is 5.34. The number of hydrogen-bond donors (Lipinski definition) is 0. The average Bonchev–Trinajstić information content (AvgIpc) is 3.49. The Hall–Kier alpha value is -1.28. The molecule has 3 heterocycles. The molecule has 1 unspecified atom stereocenters. The molecule has 1 atom stereocenters. The van der Waals surface area contributed by atoms with Gasteiger partial charge in [0.25, 0.3) is 11.8 Å². The molecule has 2 amide bonds. The van der Waals surface area contributed by atoms with Crippen LogP contribution in [0.5, 0.6) is 0 Å². The lowest BCUT2D eigenvalue weighted by Crippen LogP contribution is -2.34. The molecule has 184 valence electrons. The zero-order valence-electron chi connectivity index (χ0n) is 20.1. The Bertz CT molecular complexity index is 1340. The van der Waals surface area contributed by atoms with Crippen molar-refractivity contribution in [2.24, 2.45) is 5.92 Å². The highest BCUT2D eigenvalue weighted by Crippen LogP contribution is 2.46. The van der Waals surface area contributed by atoms with E-state index < -0.39 is 0 Å². The van der Waals surface area contributed by atoms with Crippen molar-refractivity contribution < 1.29 is 9.59 Å². The van der Waals surface area contributed by atoms with Gasteiger partial charge in [-0.3, -0.25) is 14.5 Å². The van der Waals surface area contributed by atoms with Crippen LogP contribution >= 0.6 is 54.5 Å². The van der Waals surface area contributed by atoms with Gasteiger partial charge in [-0.2, -0.15) is 0 Å². The molecule has 0 aliphatic carbocycles. The second-order valence-electron chi connectivity index (χ2n) is 9.61. The molecule has 5 rings (SSSR count). The van der Waals surface area contributed by atoms with Crippen LogP contribution in [-0.4, -0.2) is 23.3 Å². The number of imide groups is 1. The van der Waals surface area contributed by atoms with E-state index in [0.717, 1.165) is 53.4 Å². The SMILES string of the molecule is CCCCCCC(CCCC)CN1C(=O)c2cc3c(cc2C1=O)c1sc(Br)cc1c1cc(Br)sc13. The summed E-state index contributed by atoms with van der Waals surface area (Å²) in [6.45, 7) is 4.96. The number of carbonyl (C=O) groups is 2. The minimum Gasteiger partial charge on any atom is -0.274 e. The van der Waals surface area contributed by atoms with Crippen molar-refractivity contribution >= 4 is 97.3 Å². The largest absolute Gasteiger partial charge is 0.274 e. The third-order valence-electron chi connectivity index (χ3n) is 7.16. The highest BCUT2D eigenvalue weighted by Gasteiger charge is 2.37. The van der Waals surface area contributed by atoms with Gasteiger partial charge in [0.05, 0.1) is 18.7 Å². The lowest BCUT2D eigenvalue weighted by atomic mass is 9.94. The van der Waals surface area contributed by atoms with Crippen molar-refractivity contribution in [3.05, 3.63) is 43.0 Å². The van der Waals surface area contributed by atoms with Crippen molar-refractivity contribution in [2.75, 3.05) is 6.54 Å². The molecule has 0 radical (unpaired) electrons. The first kappa shape index (κ1) is 25.4. The van der Waals surface area contributed by atoms with Crippen molar-refractivity contribution in [1.29, 1.82) is 0 Å². The van der Waals surface area contributed by atoms with Gasteiger partial charge < -0.3 is 0 Å². The van der Waals surface area contributed by atoms with Crippen LogP contribution in [0, 0.1) is 5.92 Å². The van der Waals surface area contributed by atoms with Gasteiger partial charge in [-0.15, -0.1) is 22.7 Å². The third kappa shape index (κ3) is 4.74. The van der Waals surface area contributed by atoms with Gasteiger partial charge in [0, 0.05) is 37.5 Å². The van der Waals surface area contributed by atoms with Crippen LogP contribution in [0.1, 0.15) is 85.9 Å². The van der Waals surface area contributed by atoms with Crippen molar-refractivity contribution in [1.82, 2.24) is 4.90 Å². The monoisotopic (exact) mass is 633 g/mol. The number of halogens is 2. The number of carbonyl (C=O) groups excluding carboxylic acids is 2. The summed E-state index contributed by atoms with van der Waals surface area (Å²) in [5.41, 5.74) is 1.12. The lowest BCUT2D eigenvalue weighted by molar-refractivity contribution is 0.0622. The van der Waals surface area contributed by atoms with E-state index in [2.05, 4.69) is 57.8 Å². The maximum absolute atomic E-state index is 13.5. The van der Waals surface area contributed by atoms with E-state index in [0.29, 0.717) is 23.6 Å². The smallest absolute Gasteiger partial charge is 0.261 e. The summed E-state index contributed by atoms with van der Waals surface area (Å²) in [4.78, 5) is 28.6. The van der Waals surface area contributed by atoms with Crippen LogP contribution in [-0.2, 0) is 0 Å². The number of hydrogen-bond acceptors (Lipinski definition) is 4. The second-order valence-corrected chi connectivity index (χ2v) is 14.5. The quantitative estimate of drug-likeness (QED) is 0.129. The Morgan fingerprint density at radius 3 is 1.71 bits per heavy atom. The first-order valence-electron chi connectivity index (χ1n) is 12.6. The van der Waals surface area contributed by atoms with E-state index in [1.807, 2.05) is 12.1 Å². The molecule has 2 aromatic carbocycles. The average molecular weight is 635 g/mol. The van der Waals surface area contributed by atoms with Gasteiger partial charge in [0.1, 0.15) is 0 Å². The molecule has 0 bridgehead atoms. The maximum Gasteiger partial charge on any atom is 0.261 e. The molecule has 7 heteroatoms. The van der Waals surface area contributed by atoms with Gasteiger partial charge in [0.15, 0.2) is 0 Å². The number of amides is 2. The van der Waals surface area contributed by atoms with E-state index in [9.17, 15) is 9.59 Å². The molecule has 0 saturated carbocycles. The van der Waals surface area contributed by atoms with Crippen molar-refractivity contribution in [2.45, 2.75) is 65.2 Å². The maximum atomic E-state index is 13.5. The highest BCUT2D eigenvalue weighted by atomic mass is 79.9. The standard InChI is InChI=1S/C28H29Br2NO2S2/c1-3-5-7-8-10-16(9-6-4-2)15-31-27(32)21-11-17-18(12-22(21)28(31)33)26-20(14-24(30)35-26)19-13-23(29)34-25(17)19/h11-14,16H,3-10,15H2,1-2H3. The topological polar surface area (TPSA) is 37.4 Å². The second kappa shape index (κ2) is 10.6. The van der Waals surface area contributed by atoms with Gasteiger partial charge >= 0.3 is 0 Å². The third-order valence-corrected chi connectivity index (χ3v) is 10.5. The van der Waals surface area contributed by atoms with Gasteiger partial charge in [-0.05, 0) is 74.9 Å². The Kier molecular flexibility index (Phi) is 7.69.